The lowest BCUT2D eigenvalue weighted by atomic mass is 10.1. The summed E-state index contributed by atoms with van der Waals surface area (Å²) in [5, 5.41) is 2.54. The lowest BCUT2D eigenvalue weighted by Crippen LogP contribution is -2.22. The Labute approximate surface area is 109 Å². The number of ether oxygens (including phenoxy) is 1. The van der Waals surface area contributed by atoms with Crippen molar-refractivity contribution in [1.29, 1.82) is 0 Å². The van der Waals surface area contributed by atoms with Gasteiger partial charge in [0.15, 0.2) is 0 Å². The molecule has 1 N–H and O–H groups in total. The van der Waals surface area contributed by atoms with Crippen molar-refractivity contribution < 1.29 is 14.1 Å². The second-order valence-electron chi connectivity index (χ2n) is 3.96. The number of benzene rings is 1. The van der Waals surface area contributed by atoms with Crippen LogP contribution in [-0.2, 0) is 11.5 Å². The first-order valence-corrected chi connectivity index (χ1v) is 5.70. The van der Waals surface area contributed by atoms with Gasteiger partial charge in [0.1, 0.15) is 12.4 Å². The molecule has 2 rings (SSSR count). The molecular formula is C13H14N2O4. The number of aromatic nitrogens is 1. The highest BCUT2D eigenvalue weighted by Gasteiger charge is 2.10. The Hall–Kier alpha value is -2.50. The predicted molar refractivity (Wildman–Crippen MR) is 68.8 cm³/mol. The summed E-state index contributed by atoms with van der Waals surface area (Å²) in [5.41, 5.74) is 0.664. The first-order chi connectivity index (χ1) is 9.10. The lowest BCUT2D eigenvalue weighted by Gasteiger charge is -2.01. The van der Waals surface area contributed by atoms with E-state index in [1.807, 2.05) is 0 Å². The zero-order valence-corrected chi connectivity index (χ0v) is 10.7. The van der Waals surface area contributed by atoms with Gasteiger partial charge in [-0.05, 0) is 17.7 Å². The number of carbonyl (C=O) groups excluding carboxylic acids is 1. The molecule has 0 atom stereocenters. The summed E-state index contributed by atoms with van der Waals surface area (Å²) < 4.78 is 11.4. The van der Waals surface area contributed by atoms with Crippen molar-refractivity contribution in [3.05, 3.63) is 40.9 Å². The largest absolute Gasteiger partial charge is 0.497 e. The second-order valence-corrected chi connectivity index (χ2v) is 3.96. The van der Waals surface area contributed by atoms with E-state index in [1.165, 1.54) is 11.7 Å². The Morgan fingerprint density at radius 2 is 2.26 bits per heavy atom. The van der Waals surface area contributed by atoms with Crippen LogP contribution in [0.5, 0.6) is 5.75 Å². The van der Waals surface area contributed by atoms with Crippen molar-refractivity contribution in [3.63, 3.8) is 0 Å². The van der Waals surface area contributed by atoms with Gasteiger partial charge >= 0.3 is 5.63 Å². The zero-order chi connectivity index (χ0) is 13.8. The van der Waals surface area contributed by atoms with E-state index in [9.17, 15) is 9.59 Å². The van der Waals surface area contributed by atoms with E-state index in [-0.39, 0.29) is 12.6 Å². The number of amides is 1. The molecule has 2 aromatic rings. The quantitative estimate of drug-likeness (QED) is 0.898. The summed E-state index contributed by atoms with van der Waals surface area (Å²) in [6.45, 7) is 1.51. The van der Waals surface area contributed by atoms with Gasteiger partial charge in [0, 0.05) is 6.92 Å². The number of hydrogen-bond donors (Lipinski definition) is 1. The average Bonchev–Trinajstić information content (AvgIpc) is 2.78. The first-order valence-electron chi connectivity index (χ1n) is 5.70. The van der Waals surface area contributed by atoms with Crippen LogP contribution >= 0.6 is 0 Å². The van der Waals surface area contributed by atoms with Crippen LogP contribution in [0, 0.1) is 0 Å². The molecule has 6 nitrogen and oxygen atoms in total. The molecule has 0 spiro atoms. The Kier molecular flexibility index (Phi) is 3.70. The summed E-state index contributed by atoms with van der Waals surface area (Å²) in [6, 6.07) is 7.12. The maximum absolute atomic E-state index is 11.7. The molecule has 1 aromatic carbocycles. The van der Waals surface area contributed by atoms with E-state index >= 15 is 0 Å². The molecule has 6 heteroatoms. The Morgan fingerprint density at radius 3 is 2.95 bits per heavy atom. The topological polar surface area (TPSA) is 73.5 Å². The number of nitrogens with zero attached hydrogens (tertiary/aromatic N) is 1. The van der Waals surface area contributed by atoms with Crippen molar-refractivity contribution >= 4 is 5.91 Å². The van der Waals surface area contributed by atoms with E-state index in [2.05, 4.69) is 5.32 Å². The van der Waals surface area contributed by atoms with Gasteiger partial charge in [-0.1, -0.05) is 12.1 Å². The van der Waals surface area contributed by atoms with Gasteiger partial charge in [-0.3, -0.25) is 4.79 Å². The summed E-state index contributed by atoms with van der Waals surface area (Å²) in [6.07, 6.45) is 1.55. The van der Waals surface area contributed by atoms with Gasteiger partial charge in [-0.15, -0.1) is 0 Å². The second kappa shape index (κ2) is 5.43. The number of carbonyl (C=O) groups is 1. The van der Waals surface area contributed by atoms with Crippen molar-refractivity contribution in [2.75, 3.05) is 7.11 Å². The van der Waals surface area contributed by atoms with Crippen LogP contribution in [0.15, 0.2) is 39.8 Å². The maximum Gasteiger partial charge on any atom is 0.365 e. The molecule has 0 saturated heterocycles. The SMILES string of the molecule is COc1cccc(-c2cn(CNC(C)=O)oc2=O)c1. The molecule has 0 radical (unpaired) electrons. The van der Waals surface area contributed by atoms with Crippen LogP contribution < -0.4 is 15.7 Å². The highest BCUT2D eigenvalue weighted by Crippen LogP contribution is 2.21. The van der Waals surface area contributed by atoms with Crippen LogP contribution in [0.1, 0.15) is 6.92 Å². The Balaban J connectivity index is 2.29. The van der Waals surface area contributed by atoms with Crippen molar-refractivity contribution in [3.8, 4) is 16.9 Å². The van der Waals surface area contributed by atoms with Gasteiger partial charge in [0.05, 0.1) is 18.9 Å². The van der Waals surface area contributed by atoms with Gasteiger partial charge < -0.3 is 14.6 Å². The Bertz CT molecular complexity index is 642. The van der Waals surface area contributed by atoms with E-state index in [4.69, 9.17) is 9.26 Å². The molecule has 1 amide bonds. The minimum absolute atomic E-state index is 0.120. The van der Waals surface area contributed by atoms with E-state index < -0.39 is 5.63 Å². The fourth-order valence-corrected chi connectivity index (χ4v) is 1.63. The molecule has 100 valence electrons. The van der Waals surface area contributed by atoms with Crippen LogP contribution in [-0.4, -0.2) is 17.8 Å². The smallest absolute Gasteiger partial charge is 0.365 e. The Morgan fingerprint density at radius 1 is 1.47 bits per heavy atom. The molecule has 0 fully saturated rings. The lowest BCUT2D eigenvalue weighted by molar-refractivity contribution is -0.119. The molecule has 19 heavy (non-hydrogen) atoms. The van der Waals surface area contributed by atoms with Crippen LogP contribution in [0.2, 0.25) is 0 Å². The predicted octanol–water partition coefficient (Wildman–Crippen LogP) is 1.21. The number of nitrogens with one attached hydrogen (secondary N) is 1. The molecule has 1 aromatic heterocycles. The van der Waals surface area contributed by atoms with Crippen LogP contribution in [0.25, 0.3) is 11.1 Å². The zero-order valence-electron chi connectivity index (χ0n) is 10.7. The summed E-state index contributed by atoms with van der Waals surface area (Å²) in [5.74, 6) is 0.464. The standard InChI is InChI=1S/C13H14N2O4/c1-9(16)14-8-15-7-12(13(17)19-15)10-4-3-5-11(6-10)18-2/h3-7H,8H2,1-2H3,(H,14,16). The van der Waals surface area contributed by atoms with E-state index in [1.54, 1.807) is 37.6 Å². The van der Waals surface area contributed by atoms with Crippen LogP contribution in [0.3, 0.4) is 0 Å². The monoisotopic (exact) mass is 262 g/mol. The third-order valence-electron chi connectivity index (χ3n) is 2.56. The number of methoxy groups -OCH3 is 1. The molecule has 0 aliphatic rings. The fraction of sp³-hybridized carbons (Fsp3) is 0.231. The highest BCUT2D eigenvalue weighted by atomic mass is 16.5. The van der Waals surface area contributed by atoms with Gasteiger partial charge in [0.25, 0.3) is 0 Å². The molecule has 0 unspecified atom stereocenters. The van der Waals surface area contributed by atoms with Crippen molar-refractivity contribution in [2.45, 2.75) is 13.6 Å². The van der Waals surface area contributed by atoms with Crippen LogP contribution in [0.4, 0.5) is 0 Å². The minimum atomic E-state index is -0.460. The normalized spacial score (nSPS) is 10.2. The molecule has 0 saturated carbocycles. The van der Waals surface area contributed by atoms with E-state index in [0.29, 0.717) is 16.9 Å². The third-order valence-corrected chi connectivity index (χ3v) is 2.56. The van der Waals surface area contributed by atoms with Gasteiger partial charge in [0.2, 0.25) is 5.91 Å². The average molecular weight is 262 g/mol. The maximum atomic E-state index is 11.7. The molecular weight excluding hydrogens is 248 g/mol. The molecule has 0 bridgehead atoms. The highest BCUT2D eigenvalue weighted by molar-refractivity contribution is 5.72. The van der Waals surface area contributed by atoms with Crippen molar-refractivity contribution in [2.24, 2.45) is 0 Å². The molecule has 1 heterocycles. The number of hydrogen-bond acceptors (Lipinski definition) is 4. The first kappa shape index (κ1) is 12.9. The van der Waals surface area contributed by atoms with Gasteiger partial charge in [-0.2, -0.15) is 4.74 Å². The van der Waals surface area contributed by atoms with E-state index in [0.717, 1.165) is 0 Å². The minimum Gasteiger partial charge on any atom is -0.497 e. The third kappa shape index (κ3) is 3.04. The molecule has 0 aliphatic carbocycles. The fourth-order valence-electron chi connectivity index (χ4n) is 1.63. The summed E-state index contributed by atoms with van der Waals surface area (Å²) in [7, 11) is 1.56. The summed E-state index contributed by atoms with van der Waals surface area (Å²) in [4.78, 5) is 22.5. The molecule has 0 aliphatic heterocycles. The number of rotatable bonds is 4. The summed E-state index contributed by atoms with van der Waals surface area (Å²) >= 11 is 0. The van der Waals surface area contributed by atoms with Crippen molar-refractivity contribution in [1.82, 2.24) is 10.1 Å². The van der Waals surface area contributed by atoms with Gasteiger partial charge in [-0.25, -0.2) is 4.79 Å².